The van der Waals surface area contributed by atoms with Crippen LogP contribution in [0, 0.1) is 5.92 Å². The first-order valence-corrected chi connectivity index (χ1v) is 12.7. The van der Waals surface area contributed by atoms with Crippen LogP contribution >= 0.6 is 0 Å². The van der Waals surface area contributed by atoms with Crippen LogP contribution in [0.15, 0.2) is 10.6 Å². The van der Waals surface area contributed by atoms with Crippen molar-refractivity contribution < 1.29 is 22.5 Å². The van der Waals surface area contributed by atoms with Crippen LogP contribution in [0.1, 0.15) is 60.7 Å². The maximum Gasteiger partial charge on any atom is 0.273 e. The average molecular weight is 439 g/mol. The number of amides is 1. The highest BCUT2D eigenvalue weighted by Gasteiger charge is 2.47. The van der Waals surface area contributed by atoms with Crippen LogP contribution in [0.3, 0.4) is 0 Å². The first-order valence-electron chi connectivity index (χ1n) is 11.1. The Balaban J connectivity index is 1.19. The van der Waals surface area contributed by atoms with Crippen molar-refractivity contribution in [3.8, 4) is 0 Å². The summed E-state index contributed by atoms with van der Waals surface area (Å²) in [5.41, 5.74) is 0.283. The van der Waals surface area contributed by atoms with Crippen LogP contribution in [0.2, 0.25) is 0 Å². The van der Waals surface area contributed by atoms with Crippen LogP contribution < -0.4 is 10.6 Å². The summed E-state index contributed by atoms with van der Waals surface area (Å²) in [6.45, 7) is 3.01. The van der Waals surface area contributed by atoms with E-state index >= 15 is 0 Å². The lowest BCUT2D eigenvalue weighted by Gasteiger charge is -2.39. The molecule has 0 saturated carbocycles. The highest BCUT2D eigenvalue weighted by Crippen LogP contribution is 2.39. The van der Waals surface area contributed by atoms with E-state index in [-0.39, 0.29) is 47.3 Å². The van der Waals surface area contributed by atoms with Gasteiger partial charge in [-0.05, 0) is 57.5 Å². The van der Waals surface area contributed by atoms with Crippen molar-refractivity contribution in [1.29, 1.82) is 0 Å². The zero-order valence-corrected chi connectivity index (χ0v) is 17.9. The summed E-state index contributed by atoms with van der Waals surface area (Å²) in [7, 11) is -3.27. The molecule has 1 aromatic rings. The number of carbonyl (C=O) groups excluding carboxylic acids is 1. The van der Waals surface area contributed by atoms with Crippen LogP contribution in [-0.2, 0) is 14.8 Å². The molecule has 4 saturated heterocycles. The summed E-state index contributed by atoms with van der Waals surface area (Å²) in [5.74, 6) is 1.12. The van der Waals surface area contributed by atoms with Crippen LogP contribution in [0.4, 0.5) is 0 Å². The van der Waals surface area contributed by atoms with Gasteiger partial charge in [-0.2, -0.15) is 4.31 Å². The number of rotatable bonds is 6. The smallest absolute Gasteiger partial charge is 0.273 e. The number of fused-ring (bicyclic) bond motifs is 2. The highest BCUT2D eigenvalue weighted by atomic mass is 32.2. The van der Waals surface area contributed by atoms with Crippen LogP contribution in [-0.4, -0.2) is 74.0 Å². The number of piperidine rings is 2. The van der Waals surface area contributed by atoms with E-state index in [1.54, 1.807) is 10.4 Å². The van der Waals surface area contributed by atoms with Crippen molar-refractivity contribution in [2.45, 2.75) is 62.6 Å². The topological polar surface area (TPSA) is 114 Å². The molecule has 0 aromatic carbocycles. The van der Waals surface area contributed by atoms with Crippen LogP contribution in [0.5, 0.6) is 0 Å². The van der Waals surface area contributed by atoms with Crippen molar-refractivity contribution in [3.63, 3.8) is 0 Å². The molecule has 5 rings (SSSR count). The largest absolute Gasteiger partial charge is 0.380 e. The van der Waals surface area contributed by atoms with Gasteiger partial charge in [-0.15, -0.1) is 0 Å². The van der Waals surface area contributed by atoms with Crippen molar-refractivity contribution in [3.05, 3.63) is 17.5 Å². The highest BCUT2D eigenvalue weighted by molar-refractivity contribution is 7.89. The van der Waals surface area contributed by atoms with Crippen molar-refractivity contribution in [1.82, 2.24) is 20.1 Å². The molecule has 4 aliphatic rings. The van der Waals surface area contributed by atoms with Gasteiger partial charge in [-0.25, -0.2) is 8.42 Å². The molecular formula is C20H30N4O5S. The van der Waals surface area contributed by atoms with Gasteiger partial charge in [0.15, 0.2) is 5.69 Å². The third-order valence-corrected chi connectivity index (χ3v) is 9.16. The Kier molecular flexibility index (Phi) is 5.59. The lowest BCUT2D eigenvalue weighted by molar-refractivity contribution is -0.00228. The molecule has 2 bridgehead atoms. The summed E-state index contributed by atoms with van der Waals surface area (Å²) < 4.78 is 38.5. The lowest BCUT2D eigenvalue weighted by Crippen LogP contribution is -2.53. The Labute approximate surface area is 176 Å². The molecule has 0 radical (unpaired) electrons. The van der Waals surface area contributed by atoms with Gasteiger partial charge in [0.25, 0.3) is 5.91 Å². The third kappa shape index (κ3) is 4.02. The first kappa shape index (κ1) is 20.4. The van der Waals surface area contributed by atoms with E-state index in [9.17, 15) is 13.2 Å². The molecule has 1 aromatic heterocycles. The molecule has 30 heavy (non-hydrogen) atoms. The zero-order chi connectivity index (χ0) is 20.7. The minimum atomic E-state index is -3.27. The second-order valence-corrected chi connectivity index (χ2v) is 11.1. The summed E-state index contributed by atoms with van der Waals surface area (Å²) in [5, 5.41) is 10.3. The van der Waals surface area contributed by atoms with Gasteiger partial charge in [-0.1, -0.05) is 5.16 Å². The first-order chi connectivity index (χ1) is 14.5. The molecule has 3 atom stereocenters. The van der Waals surface area contributed by atoms with Crippen molar-refractivity contribution in [2.24, 2.45) is 5.92 Å². The second kappa shape index (κ2) is 8.22. The summed E-state index contributed by atoms with van der Waals surface area (Å²) >= 11 is 0. The number of nitrogens with one attached hydrogen (secondary N) is 2. The van der Waals surface area contributed by atoms with Gasteiger partial charge < -0.3 is 19.9 Å². The fourth-order valence-corrected chi connectivity index (χ4v) is 7.78. The maximum atomic E-state index is 13.2. The van der Waals surface area contributed by atoms with E-state index in [1.165, 1.54) is 0 Å². The van der Waals surface area contributed by atoms with Crippen LogP contribution in [0.25, 0.3) is 0 Å². The van der Waals surface area contributed by atoms with E-state index in [2.05, 4.69) is 15.8 Å². The average Bonchev–Trinajstić information content (AvgIpc) is 3.25. The molecule has 2 unspecified atom stereocenters. The SMILES string of the molecule is O=C(NC1CC2CC[C@@H](C1)N2S(=O)(=O)CC1CCNCC1)c1cc(C2COC2)on1. The minimum Gasteiger partial charge on any atom is -0.380 e. The normalized spacial score (nSPS) is 30.9. The quantitative estimate of drug-likeness (QED) is 0.677. The summed E-state index contributed by atoms with van der Waals surface area (Å²) in [6, 6.07) is 1.63. The number of hydrogen-bond acceptors (Lipinski definition) is 7. The molecule has 0 aliphatic carbocycles. The number of ether oxygens (including phenoxy) is 1. The molecule has 166 valence electrons. The molecule has 2 N–H and O–H groups in total. The Hall–Kier alpha value is -1.49. The predicted octanol–water partition coefficient (Wildman–Crippen LogP) is 0.843. The van der Waals surface area contributed by atoms with Gasteiger partial charge >= 0.3 is 0 Å². The van der Waals surface area contributed by atoms with Gasteiger partial charge in [-0.3, -0.25) is 4.79 Å². The Morgan fingerprint density at radius 1 is 1.17 bits per heavy atom. The third-order valence-electron chi connectivity index (χ3n) is 7.03. The summed E-state index contributed by atoms with van der Waals surface area (Å²) in [6.07, 6.45) is 4.92. The molecule has 1 amide bonds. The molecular weight excluding hydrogens is 408 g/mol. The van der Waals surface area contributed by atoms with Gasteiger partial charge in [0.1, 0.15) is 5.76 Å². The Bertz CT molecular complexity index is 864. The molecule has 0 spiro atoms. The molecule has 4 fully saturated rings. The zero-order valence-electron chi connectivity index (χ0n) is 17.1. The standard InChI is InChI=1S/C20H30N4O5S/c25-20(18-9-19(29-23-18)14-10-28-11-14)22-15-7-16-1-2-17(8-15)24(16)30(26,27)12-13-3-5-21-6-4-13/h9,13-17,21H,1-8,10-12H2,(H,22,25)/t15?,16-,17?/m0/s1. The molecule has 10 heteroatoms. The van der Waals surface area contributed by atoms with Gasteiger partial charge in [0.2, 0.25) is 10.0 Å². The summed E-state index contributed by atoms with van der Waals surface area (Å²) in [4.78, 5) is 12.6. The van der Waals surface area contributed by atoms with E-state index < -0.39 is 10.0 Å². The second-order valence-electron chi connectivity index (χ2n) is 9.18. The fourth-order valence-electron chi connectivity index (χ4n) is 5.39. The van der Waals surface area contributed by atoms with Gasteiger partial charge in [0, 0.05) is 24.2 Å². The molecule has 4 aliphatic heterocycles. The number of sulfonamides is 1. The lowest BCUT2D eigenvalue weighted by atomic mass is 9.99. The maximum absolute atomic E-state index is 13.2. The van der Waals surface area contributed by atoms with Crippen molar-refractivity contribution in [2.75, 3.05) is 32.1 Å². The molecule has 9 nitrogen and oxygen atoms in total. The minimum absolute atomic E-state index is 0.0132. The Morgan fingerprint density at radius 3 is 2.50 bits per heavy atom. The molecule has 5 heterocycles. The number of aromatic nitrogens is 1. The van der Waals surface area contributed by atoms with E-state index in [0.717, 1.165) is 38.8 Å². The van der Waals surface area contributed by atoms with E-state index in [4.69, 9.17) is 9.26 Å². The fraction of sp³-hybridized carbons (Fsp3) is 0.800. The number of hydrogen-bond donors (Lipinski definition) is 2. The van der Waals surface area contributed by atoms with Gasteiger partial charge in [0.05, 0.1) is 24.9 Å². The van der Waals surface area contributed by atoms with E-state index in [1.807, 2.05) is 0 Å². The number of nitrogens with zero attached hydrogens (tertiary/aromatic N) is 2. The monoisotopic (exact) mass is 438 g/mol. The van der Waals surface area contributed by atoms with Crippen molar-refractivity contribution >= 4 is 15.9 Å². The Morgan fingerprint density at radius 2 is 1.87 bits per heavy atom. The predicted molar refractivity (Wildman–Crippen MR) is 109 cm³/mol. The number of carbonyl (C=O) groups is 1. The van der Waals surface area contributed by atoms with E-state index in [0.29, 0.717) is 31.8 Å².